The highest BCUT2D eigenvalue weighted by Gasteiger charge is 2.18. The van der Waals surface area contributed by atoms with Gasteiger partial charge in [-0.15, -0.1) is 0 Å². The smallest absolute Gasteiger partial charge is 0.270 e. The summed E-state index contributed by atoms with van der Waals surface area (Å²) >= 11 is 0. The fourth-order valence-electron chi connectivity index (χ4n) is 2.89. The summed E-state index contributed by atoms with van der Waals surface area (Å²) in [6, 6.07) is 18.0. The lowest BCUT2D eigenvalue weighted by atomic mass is 10.2. The highest BCUT2D eigenvalue weighted by Crippen LogP contribution is 2.22. The normalized spacial score (nSPS) is 10.5. The van der Waals surface area contributed by atoms with Crippen LogP contribution in [0.25, 0.3) is 17.1 Å². The van der Waals surface area contributed by atoms with Crippen LogP contribution in [-0.4, -0.2) is 33.1 Å². The van der Waals surface area contributed by atoms with Crippen LogP contribution in [0.15, 0.2) is 83.7 Å². The first kappa shape index (κ1) is 19.1. The minimum absolute atomic E-state index is 0.137. The zero-order chi connectivity index (χ0) is 20.8. The van der Waals surface area contributed by atoms with Crippen LogP contribution in [-0.2, 0) is 4.79 Å². The number of rotatable bonds is 7. The van der Waals surface area contributed by atoms with Crippen molar-refractivity contribution in [2.45, 2.75) is 6.42 Å². The third kappa shape index (κ3) is 4.44. The Morgan fingerprint density at radius 1 is 1.00 bits per heavy atom. The molecule has 3 aromatic heterocycles. The number of pyridine rings is 1. The molecule has 2 N–H and O–H groups in total. The summed E-state index contributed by atoms with van der Waals surface area (Å²) in [6.07, 6.45) is 4.88. The van der Waals surface area contributed by atoms with Crippen molar-refractivity contribution in [3.63, 3.8) is 0 Å². The van der Waals surface area contributed by atoms with Crippen LogP contribution in [0.3, 0.4) is 0 Å². The van der Waals surface area contributed by atoms with Gasteiger partial charge in [0.1, 0.15) is 11.4 Å². The first-order valence-corrected chi connectivity index (χ1v) is 9.38. The van der Waals surface area contributed by atoms with E-state index in [1.54, 1.807) is 53.7 Å². The predicted molar refractivity (Wildman–Crippen MR) is 111 cm³/mol. The minimum Gasteiger partial charge on any atom is -0.463 e. The molecule has 150 valence electrons. The molecule has 30 heavy (non-hydrogen) atoms. The Labute approximate surface area is 172 Å². The van der Waals surface area contributed by atoms with Crippen molar-refractivity contribution in [1.82, 2.24) is 20.1 Å². The van der Waals surface area contributed by atoms with Crippen molar-refractivity contribution in [2.24, 2.45) is 0 Å². The zero-order valence-electron chi connectivity index (χ0n) is 16.0. The second-order valence-electron chi connectivity index (χ2n) is 6.43. The summed E-state index contributed by atoms with van der Waals surface area (Å²) in [6.45, 7) is 0.186. The van der Waals surface area contributed by atoms with Crippen LogP contribution >= 0.6 is 0 Å². The number of aromatic nitrogens is 3. The first-order chi connectivity index (χ1) is 14.7. The van der Waals surface area contributed by atoms with E-state index in [4.69, 9.17) is 4.42 Å². The number of carbonyl (C=O) groups excluding carboxylic acids is 2. The molecule has 0 aliphatic rings. The maximum absolute atomic E-state index is 12.8. The molecule has 4 rings (SSSR count). The lowest BCUT2D eigenvalue weighted by molar-refractivity contribution is -0.116. The van der Waals surface area contributed by atoms with Gasteiger partial charge in [0.05, 0.1) is 12.0 Å². The maximum atomic E-state index is 12.8. The van der Waals surface area contributed by atoms with Crippen LogP contribution in [0.5, 0.6) is 0 Å². The number of para-hydroxylation sites is 1. The number of carbonyl (C=O) groups is 2. The van der Waals surface area contributed by atoms with Gasteiger partial charge in [-0.3, -0.25) is 14.6 Å². The van der Waals surface area contributed by atoms with Crippen LogP contribution in [0.2, 0.25) is 0 Å². The summed E-state index contributed by atoms with van der Waals surface area (Å²) in [5.74, 6) is 0.0330. The number of furan rings is 1. The molecule has 0 aliphatic carbocycles. The summed E-state index contributed by atoms with van der Waals surface area (Å²) in [5, 5.41) is 10.1. The van der Waals surface area contributed by atoms with Crippen molar-refractivity contribution in [3.05, 3.63) is 85.0 Å². The number of nitrogens with one attached hydrogen (secondary N) is 2. The highest BCUT2D eigenvalue weighted by atomic mass is 16.3. The van der Waals surface area contributed by atoms with E-state index >= 15 is 0 Å². The van der Waals surface area contributed by atoms with Crippen LogP contribution in [0, 0.1) is 0 Å². The van der Waals surface area contributed by atoms with Gasteiger partial charge in [0.2, 0.25) is 5.91 Å². The van der Waals surface area contributed by atoms with Gasteiger partial charge in [0.25, 0.3) is 5.91 Å². The van der Waals surface area contributed by atoms with E-state index in [9.17, 15) is 9.59 Å². The van der Waals surface area contributed by atoms with Gasteiger partial charge >= 0.3 is 0 Å². The van der Waals surface area contributed by atoms with Gasteiger partial charge in [-0.2, -0.15) is 5.10 Å². The molecular formula is C22H19N5O3. The molecule has 0 aliphatic heterocycles. The summed E-state index contributed by atoms with van der Waals surface area (Å²) in [5.41, 5.74) is 2.30. The molecule has 8 nitrogen and oxygen atoms in total. The van der Waals surface area contributed by atoms with Crippen LogP contribution in [0.1, 0.15) is 16.9 Å². The van der Waals surface area contributed by atoms with E-state index in [1.165, 1.54) is 0 Å². The SMILES string of the molecule is O=C(CCNC(=O)c1cc(-c2ccco2)nn1-c1ccccc1)Nc1ccncc1. The third-order valence-electron chi connectivity index (χ3n) is 4.32. The molecule has 2 amide bonds. The van der Waals surface area contributed by atoms with Crippen LogP contribution < -0.4 is 10.6 Å². The molecule has 0 radical (unpaired) electrons. The Kier molecular flexibility index (Phi) is 5.66. The number of benzene rings is 1. The molecule has 0 bridgehead atoms. The number of hydrogen-bond donors (Lipinski definition) is 2. The molecule has 0 atom stereocenters. The Morgan fingerprint density at radius 3 is 2.53 bits per heavy atom. The maximum Gasteiger partial charge on any atom is 0.270 e. The summed E-state index contributed by atoms with van der Waals surface area (Å²) in [7, 11) is 0. The van der Waals surface area contributed by atoms with E-state index in [2.05, 4.69) is 20.7 Å². The molecule has 1 aromatic carbocycles. The second-order valence-corrected chi connectivity index (χ2v) is 6.43. The molecule has 0 saturated heterocycles. The number of nitrogens with zero attached hydrogens (tertiary/aromatic N) is 3. The Hall–Kier alpha value is -4.20. The van der Waals surface area contributed by atoms with Crippen LogP contribution in [0.4, 0.5) is 5.69 Å². The fourth-order valence-corrected chi connectivity index (χ4v) is 2.89. The van der Waals surface area contributed by atoms with Gasteiger partial charge < -0.3 is 15.1 Å². The highest BCUT2D eigenvalue weighted by molar-refractivity contribution is 5.95. The van der Waals surface area contributed by atoms with E-state index in [-0.39, 0.29) is 24.8 Å². The van der Waals surface area contributed by atoms with E-state index in [1.807, 2.05) is 30.3 Å². The molecule has 0 saturated carbocycles. The first-order valence-electron chi connectivity index (χ1n) is 9.38. The number of amides is 2. The Bertz CT molecular complexity index is 1120. The number of hydrogen-bond acceptors (Lipinski definition) is 5. The average molecular weight is 401 g/mol. The standard InChI is InChI=1S/C22H19N5O3/c28-21(25-16-8-11-23-12-9-16)10-13-24-22(29)19-15-18(20-7-4-14-30-20)26-27(19)17-5-2-1-3-6-17/h1-9,11-12,14-15H,10,13H2,(H,24,29)(H,23,25,28). The van der Waals surface area contributed by atoms with Crippen molar-refractivity contribution < 1.29 is 14.0 Å². The van der Waals surface area contributed by atoms with Gasteiger partial charge in [-0.1, -0.05) is 18.2 Å². The molecule has 0 spiro atoms. The van der Waals surface area contributed by atoms with E-state index < -0.39 is 0 Å². The van der Waals surface area contributed by atoms with Crippen molar-refractivity contribution >= 4 is 17.5 Å². The minimum atomic E-state index is -0.333. The summed E-state index contributed by atoms with van der Waals surface area (Å²) < 4.78 is 6.97. The second kappa shape index (κ2) is 8.87. The average Bonchev–Trinajstić information content (AvgIpc) is 3.45. The third-order valence-corrected chi connectivity index (χ3v) is 4.32. The van der Waals surface area contributed by atoms with Crippen molar-refractivity contribution in [1.29, 1.82) is 0 Å². The molecule has 3 heterocycles. The topological polar surface area (TPSA) is 102 Å². The van der Waals surface area contributed by atoms with Crippen molar-refractivity contribution in [3.8, 4) is 17.1 Å². The predicted octanol–water partition coefficient (Wildman–Crippen LogP) is 3.29. The van der Waals surface area contributed by atoms with Gasteiger partial charge in [-0.05, 0) is 36.4 Å². The van der Waals surface area contributed by atoms with Crippen molar-refractivity contribution in [2.75, 3.05) is 11.9 Å². The Balaban J connectivity index is 1.46. The zero-order valence-corrected chi connectivity index (χ0v) is 16.0. The Morgan fingerprint density at radius 2 is 1.80 bits per heavy atom. The summed E-state index contributed by atoms with van der Waals surface area (Å²) in [4.78, 5) is 28.8. The van der Waals surface area contributed by atoms with Gasteiger partial charge in [0.15, 0.2) is 5.76 Å². The van der Waals surface area contributed by atoms with E-state index in [0.29, 0.717) is 22.8 Å². The van der Waals surface area contributed by atoms with Gasteiger partial charge in [0, 0.05) is 37.1 Å². The quantitative estimate of drug-likeness (QED) is 0.495. The molecule has 8 heteroatoms. The van der Waals surface area contributed by atoms with E-state index in [0.717, 1.165) is 5.69 Å². The lowest BCUT2D eigenvalue weighted by Crippen LogP contribution is -2.29. The number of anilines is 1. The molecule has 4 aromatic rings. The molecule has 0 fully saturated rings. The molecular weight excluding hydrogens is 382 g/mol. The molecule has 0 unspecified atom stereocenters. The van der Waals surface area contributed by atoms with Gasteiger partial charge in [-0.25, -0.2) is 4.68 Å². The largest absolute Gasteiger partial charge is 0.463 e. The monoisotopic (exact) mass is 401 g/mol. The fraction of sp³-hybridized carbons (Fsp3) is 0.0909. The lowest BCUT2D eigenvalue weighted by Gasteiger charge is -2.08.